The summed E-state index contributed by atoms with van der Waals surface area (Å²) < 4.78 is 10.7. The molecule has 0 aliphatic heterocycles. The van der Waals surface area contributed by atoms with Crippen LogP contribution in [0.5, 0.6) is 0 Å². The normalized spacial score (nSPS) is 11.4. The fourth-order valence-corrected chi connectivity index (χ4v) is 4.29. The van der Waals surface area contributed by atoms with Gasteiger partial charge in [0.15, 0.2) is 0 Å². The molecule has 0 unspecified atom stereocenters. The van der Waals surface area contributed by atoms with Gasteiger partial charge in [-0.25, -0.2) is 4.79 Å². The highest BCUT2D eigenvalue weighted by atomic mass is 32.2. The second kappa shape index (κ2) is 9.65. The van der Waals surface area contributed by atoms with Gasteiger partial charge in [-0.3, -0.25) is 4.79 Å². The molecule has 0 aliphatic rings. The average molecular weight is 460 g/mol. The second-order valence-corrected chi connectivity index (χ2v) is 9.86. The molecular weight excluding hydrogens is 434 g/mol. The first-order valence-corrected chi connectivity index (χ1v) is 11.6. The van der Waals surface area contributed by atoms with Gasteiger partial charge in [-0.15, -0.1) is 21.5 Å². The van der Waals surface area contributed by atoms with Crippen molar-refractivity contribution < 1.29 is 18.7 Å². The third-order valence-electron chi connectivity index (χ3n) is 4.37. The molecule has 0 saturated heterocycles. The molecule has 0 bridgehead atoms. The summed E-state index contributed by atoms with van der Waals surface area (Å²) in [5.41, 5.74) is 2.89. The molecule has 0 aliphatic carbocycles. The van der Waals surface area contributed by atoms with Crippen LogP contribution in [0.1, 0.15) is 48.5 Å². The van der Waals surface area contributed by atoms with Gasteiger partial charge in [-0.2, -0.15) is 0 Å². The van der Waals surface area contributed by atoms with Crippen LogP contribution in [0.25, 0.3) is 11.5 Å². The Bertz CT molecular complexity index is 1070. The van der Waals surface area contributed by atoms with E-state index in [0.29, 0.717) is 27.6 Å². The quantitative estimate of drug-likeness (QED) is 0.378. The Morgan fingerprint density at radius 3 is 2.55 bits per heavy atom. The van der Waals surface area contributed by atoms with Crippen molar-refractivity contribution in [2.45, 2.75) is 45.3 Å². The molecule has 2 aromatic heterocycles. The minimum atomic E-state index is -0.381. The number of nitrogens with one attached hydrogen (secondary N) is 1. The zero-order valence-corrected chi connectivity index (χ0v) is 19.8. The lowest BCUT2D eigenvalue weighted by atomic mass is 9.87. The lowest BCUT2D eigenvalue weighted by molar-refractivity contribution is -0.113. The smallest absolute Gasteiger partial charge is 0.348 e. The zero-order valence-electron chi connectivity index (χ0n) is 18.1. The first-order chi connectivity index (χ1) is 14.7. The van der Waals surface area contributed by atoms with E-state index in [1.54, 1.807) is 19.9 Å². The molecular formula is C22H25N3O4S2. The van der Waals surface area contributed by atoms with E-state index < -0.39 is 0 Å². The minimum absolute atomic E-state index is 0.0694. The van der Waals surface area contributed by atoms with Crippen LogP contribution in [0.4, 0.5) is 5.00 Å². The Morgan fingerprint density at radius 1 is 1.19 bits per heavy atom. The van der Waals surface area contributed by atoms with E-state index in [4.69, 9.17) is 9.15 Å². The van der Waals surface area contributed by atoms with Crippen LogP contribution in [0, 0.1) is 6.92 Å². The van der Waals surface area contributed by atoms with Crippen molar-refractivity contribution in [2.24, 2.45) is 0 Å². The molecule has 0 saturated carbocycles. The minimum Gasteiger partial charge on any atom is -0.462 e. The van der Waals surface area contributed by atoms with E-state index in [2.05, 4.69) is 36.3 Å². The Labute approximate surface area is 189 Å². The Hall–Kier alpha value is -2.65. The zero-order chi connectivity index (χ0) is 22.6. The molecule has 1 N–H and O–H groups in total. The molecule has 0 atom stereocenters. The number of nitrogens with zero attached hydrogens (tertiary/aromatic N) is 2. The van der Waals surface area contributed by atoms with Gasteiger partial charge in [0.05, 0.1) is 17.4 Å². The number of rotatable bonds is 7. The maximum Gasteiger partial charge on any atom is 0.348 e. The largest absolute Gasteiger partial charge is 0.462 e. The van der Waals surface area contributed by atoms with Crippen LogP contribution < -0.4 is 5.32 Å². The summed E-state index contributed by atoms with van der Waals surface area (Å²) in [6.07, 6.45) is 0. The number of thiophene rings is 1. The van der Waals surface area contributed by atoms with Crippen LogP contribution in [0.15, 0.2) is 40.0 Å². The summed E-state index contributed by atoms with van der Waals surface area (Å²) in [6.45, 7) is 10.3. The van der Waals surface area contributed by atoms with Gasteiger partial charge in [0.2, 0.25) is 11.8 Å². The van der Waals surface area contributed by atoms with Crippen molar-refractivity contribution in [3.63, 3.8) is 0 Å². The number of hydrogen-bond donors (Lipinski definition) is 1. The SMILES string of the molecule is CCOC(=O)c1sc(NC(=O)CSc2nnc(-c3ccc(C(C)(C)C)cc3)o2)cc1C. The van der Waals surface area contributed by atoms with E-state index in [0.717, 1.165) is 22.9 Å². The number of anilines is 1. The topological polar surface area (TPSA) is 94.3 Å². The van der Waals surface area contributed by atoms with E-state index in [9.17, 15) is 9.59 Å². The summed E-state index contributed by atoms with van der Waals surface area (Å²) in [5.74, 6) is -0.0860. The third kappa shape index (κ3) is 5.95. The molecule has 3 rings (SSSR count). The number of aryl methyl sites for hydroxylation is 1. The van der Waals surface area contributed by atoms with E-state index >= 15 is 0 Å². The molecule has 0 fully saturated rings. The molecule has 1 aromatic carbocycles. The lowest BCUT2D eigenvalue weighted by Crippen LogP contribution is -2.13. The summed E-state index contributed by atoms with van der Waals surface area (Å²) in [7, 11) is 0. The molecule has 2 heterocycles. The molecule has 0 spiro atoms. The maximum absolute atomic E-state index is 12.3. The highest BCUT2D eigenvalue weighted by molar-refractivity contribution is 7.99. The number of benzene rings is 1. The summed E-state index contributed by atoms with van der Waals surface area (Å²) in [4.78, 5) is 24.7. The van der Waals surface area contributed by atoms with Crippen molar-refractivity contribution >= 4 is 40.0 Å². The number of amides is 1. The predicted molar refractivity (Wildman–Crippen MR) is 123 cm³/mol. The first-order valence-electron chi connectivity index (χ1n) is 9.82. The van der Waals surface area contributed by atoms with Gasteiger partial charge < -0.3 is 14.5 Å². The van der Waals surface area contributed by atoms with Crippen LogP contribution in [0.2, 0.25) is 0 Å². The predicted octanol–water partition coefficient (Wildman–Crippen LogP) is 5.31. The highest BCUT2D eigenvalue weighted by Gasteiger charge is 2.17. The van der Waals surface area contributed by atoms with Gasteiger partial charge in [-0.1, -0.05) is 44.7 Å². The first kappa shape index (κ1) is 23.0. The van der Waals surface area contributed by atoms with Crippen molar-refractivity contribution in [1.29, 1.82) is 0 Å². The Kier molecular flexibility index (Phi) is 7.17. The van der Waals surface area contributed by atoms with Crippen molar-refractivity contribution in [3.05, 3.63) is 46.3 Å². The number of carbonyl (C=O) groups is 2. The molecule has 9 heteroatoms. The fraction of sp³-hybridized carbons (Fsp3) is 0.364. The van der Waals surface area contributed by atoms with E-state index in [1.807, 2.05) is 24.3 Å². The number of ether oxygens (including phenoxy) is 1. The summed E-state index contributed by atoms with van der Waals surface area (Å²) in [6, 6.07) is 9.76. The molecule has 164 valence electrons. The highest BCUT2D eigenvalue weighted by Crippen LogP contribution is 2.29. The standard InChI is InChI=1S/C22H25N3O4S2/c1-6-28-20(27)18-13(2)11-17(31-18)23-16(26)12-30-21-25-24-19(29-21)14-7-9-15(10-8-14)22(3,4)5/h7-11H,6,12H2,1-5H3,(H,23,26). The lowest BCUT2D eigenvalue weighted by Gasteiger charge is -2.18. The summed E-state index contributed by atoms with van der Waals surface area (Å²) >= 11 is 2.35. The number of carbonyl (C=O) groups excluding carboxylic acids is 2. The molecule has 1 amide bonds. The molecule has 3 aromatic rings. The molecule has 0 radical (unpaired) electrons. The Morgan fingerprint density at radius 2 is 1.90 bits per heavy atom. The maximum atomic E-state index is 12.3. The van der Waals surface area contributed by atoms with Gasteiger partial charge >= 0.3 is 5.97 Å². The van der Waals surface area contributed by atoms with Crippen molar-refractivity contribution in [1.82, 2.24) is 10.2 Å². The van der Waals surface area contributed by atoms with Crippen LogP contribution in [0.3, 0.4) is 0 Å². The van der Waals surface area contributed by atoms with Gasteiger partial charge in [-0.05, 0) is 48.6 Å². The Balaban J connectivity index is 1.56. The monoisotopic (exact) mass is 459 g/mol. The van der Waals surface area contributed by atoms with E-state index in [-0.39, 0.29) is 23.0 Å². The average Bonchev–Trinajstić information content (AvgIpc) is 3.32. The van der Waals surface area contributed by atoms with Crippen LogP contribution >= 0.6 is 23.1 Å². The second-order valence-electron chi connectivity index (χ2n) is 7.88. The molecule has 31 heavy (non-hydrogen) atoms. The van der Waals surface area contributed by atoms with Crippen molar-refractivity contribution in [3.8, 4) is 11.5 Å². The van der Waals surface area contributed by atoms with Crippen LogP contribution in [-0.4, -0.2) is 34.4 Å². The van der Waals surface area contributed by atoms with Crippen LogP contribution in [-0.2, 0) is 14.9 Å². The van der Waals surface area contributed by atoms with Gasteiger partial charge in [0, 0.05) is 5.56 Å². The number of thioether (sulfide) groups is 1. The van der Waals surface area contributed by atoms with E-state index in [1.165, 1.54) is 16.9 Å². The fourth-order valence-electron chi connectivity index (χ4n) is 2.74. The van der Waals surface area contributed by atoms with Gasteiger partial charge in [0.1, 0.15) is 4.88 Å². The number of esters is 1. The van der Waals surface area contributed by atoms with Crippen molar-refractivity contribution in [2.75, 3.05) is 17.7 Å². The molecule has 7 nitrogen and oxygen atoms in total. The van der Waals surface area contributed by atoms with Gasteiger partial charge in [0.25, 0.3) is 5.22 Å². The number of aromatic nitrogens is 2. The summed E-state index contributed by atoms with van der Waals surface area (Å²) in [5, 5.41) is 11.8. The number of hydrogen-bond acceptors (Lipinski definition) is 8. The third-order valence-corrected chi connectivity index (χ3v) is 6.32.